The number of sulfonamides is 1. The standard InChI is InChI=1S/C17H19N3O3S2/c1-25(22,23)20-14-8-6-13(7-9-14)15-11-24-17(18-15)19-16(21)10-12-4-2-3-5-12/h2,4,6-9,11-12,20H,3,5,10H2,1H3,(H,18,19,21)/t12-/m1/s1. The van der Waals surface area contributed by atoms with E-state index in [1.807, 2.05) is 5.38 Å². The number of amides is 1. The van der Waals surface area contributed by atoms with Crippen molar-refractivity contribution in [3.63, 3.8) is 0 Å². The van der Waals surface area contributed by atoms with E-state index in [1.54, 1.807) is 24.3 Å². The number of aromatic nitrogens is 1. The molecule has 0 spiro atoms. The minimum Gasteiger partial charge on any atom is -0.302 e. The van der Waals surface area contributed by atoms with Crippen LogP contribution in [0.5, 0.6) is 0 Å². The van der Waals surface area contributed by atoms with Gasteiger partial charge in [-0.15, -0.1) is 11.3 Å². The first-order valence-corrected chi connectivity index (χ1v) is 10.7. The summed E-state index contributed by atoms with van der Waals surface area (Å²) in [4.78, 5) is 16.5. The summed E-state index contributed by atoms with van der Waals surface area (Å²) >= 11 is 1.37. The molecule has 1 aliphatic carbocycles. The number of nitrogens with one attached hydrogen (secondary N) is 2. The molecule has 0 bridgehead atoms. The van der Waals surface area contributed by atoms with Crippen molar-refractivity contribution in [2.75, 3.05) is 16.3 Å². The molecule has 25 heavy (non-hydrogen) atoms. The van der Waals surface area contributed by atoms with Crippen molar-refractivity contribution in [1.82, 2.24) is 4.98 Å². The summed E-state index contributed by atoms with van der Waals surface area (Å²) in [6.07, 6.45) is 7.88. The van der Waals surface area contributed by atoms with E-state index in [-0.39, 0.29) is 5.91 Å². The Kier molecular flexibility index (Phi) is 5.19. The number of anilines is 2. The van der Waals surface area contributed by atoms with Crippen LogP contribution in [0.15, 0.2) is 41.8 Å². The SMILES string of the molecule is CS(=O)(=O)Nc1ccc(-c2csc(NC(=O)C[C@@H]3C=CCC3)n2)cc1. The largest absolute Gasteiger partial charge is 0.302 e. The Morgan fingerprint density at radius 3 is 2.72 bits per heavy atom. The van der Waals surface area contributed by atoms with E-state index in [0.29, 0.717) is 23.2 Å². The van der Waals surface area contributed by atoms with Crippen molar-refractivity contribution >= 4 is 38.1 Å². The van der Waals surface area contributed by atoms with E-state index < -0.39 is 10.0 Å². The summed E-state index contributed by atoms with van der Waals surface area (Å²) in [6, 6.07) is 6.94. The monoisotopic (exact) mass is 377 g/mol. The van der Waals surface area contributed by atoms with Gasteiger partial charge in [0.2, 0.25) is 15.9 Å². The summed E-state index contributed by atoms with van der Waals surface area (Å²) in [6.45, 7) is 0. The van der Waals surface area contributed by atoms with Gasteiger partial charge in [-0.1, -0.05) is 24.3 Å². The number of carbonyl (C=O) groups is 1. The second kappa shape index (κ2) is 7.37. The predicted octanol–water partition coefficient (Wildman–Crippen LogP) is 3.48. The molecule has 2 N–H and O–H groups in total. The lowest BCUT2D eigenvalue weighted by atomic mass is 10.1. The van der Waals surface area contributed by atoms with Crippen LogP contribution in [0, 0.1) is 5.92 Å². The Hall–Kier alpha value is -2.19. The molecule has 0 saturated heterocycles. The Morgan fingerprint density at radius 2 is 2.08 bits per heavy atom. The van der Waals surface area contributed by atoms with Gasteiger partial charge >= 0.3 is 0 Å². The zero-order chi connectivity index (χ0) is 17.9. The highest BCUT2D eigenvalue weighted by Gasteiger charge is 2.15. The van der Waals surface area contributed by atoms with E-state index in [2.05, 4.69) is 27.2 Å². The number of hydrogen-bond acceptors (Lipinski definition) is 5. The molecule has 6 nitrogen and oxygen atoms in total. The van der Waals surface area contributed by atoms with Crippen molar-refractivity contribution in [1.29, 1.82) is 0 Å². The first-order valence-electron chi connectivity index (χ1n) is 7.89. The van der Waals surface area contributed by atoms with Crippen LogP contribution in [-0.2, 0) is 14.8 Å². The zero-order valence-electron chi connectivity index (χ0n) is 13.7. The summed E-state index contributed by atoms with van der Waals surface area (Å²) in [5.74, 6) is 0.305. The second-order valence-corrected chi connectivity index (χ2v) is 8.61. The zero-order valence-corrected chi connectivity index (χ0v) is 15.4. The van der Waals surface area contributed by atoms with Crippen LogP contribution in [0.25, 0.3) is 11.3 Å². The van der Waals surface area contributed by atoms with Crippen molar-refractivity contribution in [3.05, 3.63) is 41.8 Å². The molecular weight excluding hydrogens is 358 g/mol. The first-order chi connectivity index (χ1) is 11.9. The highest BCUT2D eigenvalue weighted by Crippen LogP contribution is 2.27. The molecule has 1 aromatic carbocycles. The van der Waals surface area contributed by atoms with Crippen LogP contribution in [0.1, 0.15) is 19.3 Å². The topological polar surface area (TPSA) is 88.2 Å². The quantitative estimate of drug-likeness (QED) is 0.755. The summed E-state index contributed by atoms with van der Waals surface area (Å²) in [5.41, 5.74) is 2.10. The molecule has 0 saturated carbocycles. The second-order valence-electron chi connectivity index (χ2n) is 6.01. The summed E-state index contributed by atoms with van der Waals surface area (Å²) in [5, 5.41) is 5.28. The van der Waals surface area contributed by atoms with Gasteiger partial charge in [-0.25, -0.2) is 13.4 Å². The van der Waals surface area contributed by atoms with E-state index in [0.717, 1.165) is 30.4 Å². The Labute approximate surface area is 151 Å². The van der Waals surface area contributed by atoms with Crippen LogP contribution in [0.3, 0.4) is 0 Å². The number of thiazole rings is 1. The number of allylic oxidation sites excluding steroid dienone is 2. The smallest absolute Gasteiger partial charge is 0.229 e. The van der Waals surface area contributed by atoms with Gasteiger partial charge in [0, 0.05) is 23.1 Å². The van der Waals surface area contributed by atoms with Gasteiger partial charge in [0.15, 0.2) is 5.13 Å². The van der Waals surface area contributed by atoms with E-state index >= 15 is 0 Å². The van der Waals surface area contributed by atoms with Gasteiger partial charge in [-0.05, 0) is 30.9 Å². The van der Waals surface area contributed by atoms with Crippen LogP contribution in [0.2, 0.25) is 0 Å². The molecule has 0 unspecified atom stereocenters. The van der Waals surface area contributed by atoms with Crippen molar-refractivity contribution in [2.45, 2.75) is 19.3 Å². The molecule has 0 aliphatic heterocycles. The minimum atomic E-state index is -3.29. The fraction of sp³-hybridized carbons (Fsp3) is 0.294. The van der Waals surface area contributed by atoms with Crippen LogP contribution >= 0.6 is 11.3 Å². The predicted molar refractivity (Wildman–Crippen MR) is 101 cm³/mol. The first kappa shape index (κ1) is 17.6. The number of carbonyl (C=O) groups excluding carboxylic acids is 1. The molecule has 0 fully saturated rings. The van der Waals surface area contributed by atoms with Crippen LogP contribution < -0.4 is 10.0 Å². The maximum Gasteiger partial charge on any atom is 0.229 e. The van der Waals surface area contributed by atoms with Crippen molar-refractivity contribution in [3.8, 4) is 11.3 Å². The molecule has 1 aromatic heterocycles. The lowest BCUT2D eigenvalue weighted by Crippen LogP contribution is -2.14. The van der Waals surface area contributed by atoms with E-state index in [4.69, 9.17) is 0 Å². The van der Waals surface area contributed by atoms with Crippen LogP contribution in [0.4, 0.5) is 10.8 Å². The lowest BCUT2D eigenvalue weighted by Gasteiger charge is -2.06. The number of benzene rings is 1. The Morgan fingerprint density at radius 1 is 1.32 bits per heavy atom. The molecule has 132 valence electrons. The maximum absolute atomic E-state index is 12.0. The van der Waals surface area contributed by atoms with Gasteiger partial charge < -0.3 is 5.32 Å². The molecule has 0 radical (unpaired) electrons. The van der Waals surface area contributed by atoms with E-state index in [9.17, 15) is 13.2 Å². The molecule has 2 aromatic rings. The fourth-order valence-corrected chi connectivity index (χ4v) is 3.96. The van der Waals surface area contributed by atoms with Gasteiger partial charge in [-0.2, -0.15) is 0 Å². The highest BCUT2D eigenvalue weighted by atomic mass is 32.2. The third-order valence-electron chi connectivity index (χ3n) is 3.79. The lowest BCUT2D eigenvalue weighted by molar-refractivity contribution is -0.116. The van der Waals surface area contributed by atoms with Gasteiger partial charge in [-0.3, -0.25) is 9.52 Å². The Bertz CT molecular complexity index is 886. The molecule has 1 amide bonds. The highest BCUT2D eigenvalue weighted by molar-refractivity contribution is 7.92. The van der Waals surface area contributed by atoms with Crippen molar-refractivity contribution in [2.24, 2.45) is 5.92 Å². The van der Waals surface area contributed by atoms with Gasteiger partial charge in [0.25, 0.3) is 0 Å². The maximum atomic E-state index is 12.0. The van der Waals surface area contributed by atoms with Gasteiger partial charge in [0.05, 0.1) is 11.9 Å². The third kappa shape index (κ3) is 5.14. The van der Waals surface area contributed by atoms with Gasteiger partial charge in [0.1, 0.15) is 0 Å². The number of nitrogens with zero attached hydrogens (tertiary/aromatic N) is 1. The molecule has 1 aliphatic rings. The fourth-order valence-electron chi connectivity index (χ4n) is 2.66. The average molecular weight is 377 g/mol. The van der Waals surface area contributed by atoms with Crippen molar-refractivity contribution < 1.29 is 13.2 Å². The van der Waals surface area contributed by atoms with E-state index in [1.165, 1.54) is 11.3 Å². The molecule has 8 heteroatoms. The average Bonchev–Trinajstić information content (AvgIpc) is 3.18. The molecule has 3 rings (SSSR count). The third-order valence-corrected chi connectivity index (χ3v) is 5.16. The van der Waals surface area contributed by atoms with Crippen LogP contribution in [-0.4, -0.2) is 25.6 Å². The Balaban J connectivity index is 1.62. The normalized spacial score (nSPS) is 16.8. The number of hydrogen-bond donors (Lipinski definition) is 2. The summed E-state index contributed by atoms with van der Waals surface area (Å²) in [7, 11) is -3.29. The minimum absolute atomic E-state index is 0.0230. The molecular formula is C17H19N3O3S2. The molecule has 1 heterocycles. The number of rotatable bonds is 6. The molecule has 1 atom stereocenters. The summed E-state index contributed by atoms with van der Waals surface area (Å²) < 4.78 is 24.9.